The van der Waals surface area contributed by atoms with Gasteiger partial charge >= 0.3 is 32.2 Å². The van der Waals surface area contributed by atoms with Crippen molar-refractivity contribution in [2.45, 2.75) is 49.3 Å². The number of hydrogen-bond acceptors (Lipinski definition) is 12. The van der Waals surface area contributed by atoms with Crippen LogP contribution < -0.4 is 18.9 Å². The van der Waals surface area contributed by atoms with Crippen molar-refractivity contribution < 1.29 is 53.7 Å². The first-order valence-electron chi connectivity index (χ1n) is 11.1. The van der Waals surface area contributed by atoms with Crippen LogP contribution >= 0.6 is 0 Å². The van der Waals surface area contributed by atoms with Crippen molar-refractivity contribution in [3.8, 4) is 23.0 Å². The Bertz CT molecular complexity index is 1320. The molecule has 0 spiro atoms. The first-order chi connectivity index (χ1) is 17.6. The van der Waals surface area contributed by atoms with Crippen molar-refractivity contribution in [2.24, 2.45) is 0 Å². The largest absolute Gasteiger partial charge is 0.497 e. The van der Waals surface area contributed by atoms with Crippen LogP contribution in [0.3, 0.4) is 0 Å². The molecular weight excluding hydrogens is 544 g/mol. The lowest BCUT2D eigenvalue weighted by Crippen LogP contribution is -2.27. The van der Waals surface area contributed by atoms with Gasteiger partial charge in [0.2, 0.25) is 0 Å². The molecule has 38 heavy (non-hydrogen) atoms. The Balaban J connectivity index is 2.47. The minimum absolute atomic E-state index is 0.0687. The van der Waals surface area contributed by atoms with E-state index in [-0.39, 0.29) is 34.1 Å². The highest BCUT2D eigenvalue weighted by Crippen LogP contribution is 2.39. The lowest BCUT2D eigenvalue weighted by atomic mass is 10.0. The molecule has 0 bridgehead atoms. The molecule has 0 fully saturated rings. The van der Waals surface area contributed by atoms with E-state index in [0.29, 0.717) is 0 Å². The summed E-state index contributed by atoms with van der Waals surface area (Å²) in [6, 6.07) is 5.04. The molecule has 2 aromatic rings. The summed E-state index contributed by atoms with van der Waals surface area (Å²) in [4.78, 5) is 23.9. The zero-order valence-corrected chi connectivity index (χ0v) is 23.8. The van der Waals surface area contributed by atoms with Crippen LogP contribution in [0.2, 0.25) is 0 Å². The Morgan fingerprint density at radius 2 is 0.895 bits per heavy atom. The average Bonchev–Trinajstić information content (AvgIpc) is 2.85. The SMILES string of the molecule is COc1cc(OC)c(C(C)C)c(S(=O)(=O)OC(=O)C(=O)OS(=O)(=O)c2cc(OC)cc(OC)c2C(C)C)c1. The summed E-state index contributed by atoms with van der Waals surface area (Å²) in [5, 5.41) is 0. The molecule has 0 aliphatic rings. The van der Waals surface area contributed by atoms with Crippen molar-refractivity contribution in [1.82, 2.24) is 0 Å². The van der Waals surface area contributed by atoms with E-state index in [1.165, 1.54) is 40.6 Å². The van der Waals surface area contributed by atoms with Crippen molar-refractivity contribution in [3.05, 3.63) is 35.4 Å². The van der Waals surface area contributed by atoms with E-state index >= 15 is 0 Å². The van der Waals surface area contributed by atoms with E-state index in [1.54, 1.807) is 27.7 Å². The molecule has 0 aliphatic heterocycles. The molecule has 0 unspecified atom stereocenters. The predicted octanol–water partition coefficient (Wildman–Crippen LogP) is 3.13. The van der Waals surface area contributed by atoms with Crippen molar-refractivity contribution >= 4 is 32.2 Å². The molecule has 0 saturated carbocycles. The molecular formula is C24H30O12S2. The number of rotatable bonds is 10. The topological polar surface area (TPSA) is 158 Å². The average molecular weight is 575 g/mol. The maximum Gasteiger partial charge on any atom is 0.434 e. The molecule has 0 N–H and O–H groups in total. The summed E-state index contributed by atoms with van der Waals surface area (Å²) in [5.41, 5.74) is 0.291. The maximum absolute atomic E-state index is 13.0. The molecule has 2 aromatic carbocycles. The molecule has 0 aliphatic carbocycles. The number of hydrogen-bond donors (Lipinski definition) is 0. The van der Waals surface area contributed by atoms with Gasteiger partial charge < -0.3 is 27.3 Å². The van der Waals surface area contributed by atoms with Crippen LogP contribution in [-0.4, -0.2) is 57.2 Å². The van der Waals surface area contributed by atoms with E-state index in [2.05, 4.69) is 8.37 Å². The zero-order valence-electron chi connectivity index (χ0n) is 22.2. The zero-order chi connectivity index (χ0) is 29.0. The molecule has 0 atom stereocenters. The third-order valence-corrected chi connectivity index (χ3v) is 7.79. The van der Waals surface area contributed by atoms with Crippen molar-refractivity contribution in [2.75, 3.05) is 28.4 Å². The molecule has 0 radical (unpaired) electrons. The summed E-state index contributed by atoms with van der Waals surface area (Å²) in [5.74, 6) is -4.61. The van der Waals surface area contributed by atoms with E-state index in [9.17, 15) is 26.4 Å². The van der Waals surface area contributed by atoms with Crippen LogP contribution in [0, 0.1) is 0 Å². The second-order valence-electron chi connectivity index (χ2n) is 8.44. The predicted molar refractivity (Wildman–Crippen MR) is 134 cm³/mol. The summed E-state index contributed by atoms with van der Waals surface area (Å²) in [7, 11) is -4.72. The van der Waals surface area contributed by atoms with Gasteiger partial charge in [-0.1, -0.05) is 27.7 Å². The first kappa shape index (κ1) is 30.7. The van der Waals surface area contributed by atoms with Crippen LogP contribution in [0.4, 0.5) is 0 Å². The van der Waals surface area contributed by atoms with Gasteiger partial charge in [-0.15, -0.1) is 0 Å². The summed E-state index contributed by atoms with van der Waals surface area (Å²) in [6.07, 6.45) is 0. The van der Waals surface area contributed by atoms with Crippen LogP contribution in [-0.2, 0) is 38.2 Å². The molecule has 0 aromatic heterocycles. The third-order valence-electron chi connectivity index (χ3n) is 5.30. The Labute approximate surface area is 222 Å². The van der Waals surface area contributed by atoms with E-state index < -0.39 is 53.8 Å². The van der Waals surface area contributed by atoms with Crippen LogP contribution in [0.1, 0.15) is 50.7 Å². The minimum Gasteiger partial charge on any atom is -0.497 e. The van der Waals surface area contributed by atoms with Crippen molar-refractivity contribution in [1.29, 1.82) is 0 Å². The quantitative estimate of drug-likeness (QED) is 0.302. The van der Waals surface area contributed by atoms with Crippen LogP contribution in [0.25, 0.3) is 0 Å². The summed E-state index contributed by atoms with van der Waals surface area (Å²) < 4.78 is 81.6. The molecule has 210 valence electrons. The number of ether oxygens (including phenoxy) is 4. The summed E-state index contributed by atoms with van der Waals surface area (Å²) >= 11 is 0. The number of methoxy groups -OCH3 is 4. The Morgan fingerprint density at radius 1 is 0.579 bits per heavy atom. The maximum atomic E-state index is 13.0. The van der Waals surface area contributed by atoms with Gasteiger partial charge in [0.1, 0.15) is 32.8 Å². The minimum atomic E-state index is -4.95. The van der Waals surface area contributed by atoms with Gasteiger partial charge in [-0.2, -0.15) is 16.8 Å². The van der Waals surface area contributed by atoms with Crippen molar-refractivity contribution in [3.63, 3.8) is 0 Å². The van der Waals surface area contributed by atoms with Gasteiger partial charge in [-0.05, 0) is 11.8 Å². The summed E-state index contributed by atoms with van der Waals surface area (Å²) in [6.45, 7) is 6.67. The number of carbonyl (C=O) groups excluding carboxylic acids is 2. The van der Waals surface area contributed by atoms with E-state index in [0.717, 1.165) is 12.1 Å². The van der Waals surface area contributed by atoms with Crippen LogP contribution in [0.5, 0.6) is 23.0 Å². The van der Waals surface area contributed by atoms with Gasteiger partial charge in [0, 0.05) is 35.4 Å². The highest BCUT2D eigenvalue weighted by molar-refractivity contribution is 7.88. The fourth-order valence-corrected chi connectivity index (χ4v) is 6.08. The van der Waals surface area contributed by atoms with Gasteiger partial charge in [0.05, 0.1) is 28.4 Å². The van der Waals surface area contributed by atoms with E-state index in [4.69, 9.17) is 18.9 Å². The standard InChI is InChI=1S/C24H30O12S2/c1-13(2)21-17(33-7)9-15(31-5)11-19(21)37(27,28)35-23(25)24(26)36-38(29,30)20-12-16(32-6)10-18(34-8)22(20)14(3)4/h9-14H,1-8H3. The second-order valence-corrected chi connectivity index (χ2v) is 11.5. The molecule has 2 rings (SSSR count). The smallest absolute Gasteiger partial charge is 0.434 e. The highest BCUT2D eigenvalue weighted by atomic mass is 32.2. The van der Waals surface area contributed by atoms with Gasteiger partial charge in [0.15, 0.2) is 0 Å². The van der Waals surface area contributed by atoms with E-state index in [1.807, 2.05) is 0 Å². The fourth-order valence-electron chi connectivity index (χ4n) is 3.64. The molecule has 0 saturated heterocycles. The van der Waals surface area contributed by atoms with Gasteiger partial charge in [0.25, 0.3) is 0 Å². The number of carbonyl (C=O) groups is 2. The normalized spacial score (nSPS) is 11.7. The lowest BCUT2D eigenvalue weighted by molar-refractivity contribution is -0.155. The molecule has 14 heteroatoms. The lowest BCUT2D eigenvalue weighted by Gasteiger charge is -2.18. The van der Waals surface area contributed by atoms with Gasteiger partial charge in [-0.25, -0.2) is 9.59 Å². The Morgan fingerprint density at radius 3 is 1.13 bits per heavy atom. The molecule has 0 heterocycles. The Kier molecular flexibility index (Phi) is 9.61. The van der Waals surface area contributed by atoms with Gasteiger partial charge in [-0.3, -0.25) is 0 Å². The second kappa shape index (κ2) is 11.9. The third kappa shape index (κ3) is 6.48. The Hall–Kier alpha value is -3.52. The monoisotopic (exact) mass is 574 g/mol. The fraction of sp³-hybridized carbons (Fsp3) is 0.417. The first-order valence-corrected chi connectivity index (χ1v) is 13.9. The van der Waals surface area contributed by atoms with Crippen LogP contribution in [0.15, 0.2) is 34.1 Å². The molecule has 12 nitrogen and oxygen atoms in total. The highest BCUT2D eigenvalue weighted by Gasteiger charge is 2.36. The molecule has 0 amide bonds. The number of benzene rings is 2.